The molecule has 0 spiro atoms. The zero-order valence-corrected chi connectivity index (χ0v) is 15.0. The second kappa shape index (κ2) is 12.8. The highest BCUT2D eigenvalue weighted by Gasteiger charge is 1.98. The lowest BCUT2D eigenvalue weighted by Gasteiger charge is -2.11. The summed E-state index contributed by atoms with van der Waals surface area (Å²) in [6.07, 6.45) is 1.74. The molecular weight excluding hydrogens is 384 g/mol. The van der Waals surface area contributed by atoms with Crippen molar-refractivity contribution in [2.24, 2.45) is 4.99 Å². The minimum Gasteiger partial charge on any atom is -0.385 e. The predicted octanol–water partition coefficient (Wildman–Crippen LogP) is 2.58. The van der Waals surface area contributed by atoms with E-state index in [1.165, 1.54) is 12.1 Å². The molecule has 0 bridgehead atoms. The van der Waals surface area contributed by atoms with Crippen LogP contribution in [0.25, 0.3) is 0 Å². The largest absolute Gasteiger partial charge is 0.385 e. The van der Waals surface area contributed by atoms with E-state index >= 15 is 0 Å². The summed E-state index contributed by atoms with van der Waals surface area (Å²) in [6, 6.07) is 6.58. The number of hydrogen-bond acceptors (Lipinski definition) is 2. The van der Waals surface area contributed by atoms with Crippen molar-refractivity contribution in [3.63, 3.8) is 0 Å². The van der Waals surface area contributed by atoms with E-state index in [4.69, 9.17) is 4.74 Å². The summed E-state index contributed by atoms with van der Waals surface area (Å²) >= 11 is 0. The summed E-state index contributed by atoms with van der Waals surface area (Å²) in [7, 11) is 1.69. The van der Waals surface area contributed by atoms with E-state index in [-0.39, 0.29) is 29.8 Å². The van der Waals surface area contributed by atoms with E-state index < -0.39 is 0 Å². The van der Waals surface area contributed by atoms with Gasteiger partial charge in [0.25, 0.3) is 0 Å². The van der Waals surface area contributed by atoms with Crippen LogP contribution in [0.2, 0.25) is 0 Å². The number of aliphatic imine (C=N–C) groups is 1. The van der Waals surface area contributed by atoms with E-state index in [9.17, 15) is 4.39 Å². The maximum absolute atomic E-state index is 12.8. The Labute approximate surface area is 143 Å². The minimum absolute atomic E-state index is 0. The average Bonchev–Trinajstić information content (AvgIpc) is 2.45. The number of halogens is 2. The molecule has 0 saturated heterocycles. The summed E-state index contributed by atoms with van der Waals surface area (Å²) in [6.45, 7) is 5.08. The standard InChI is InChI=1S/C15H24FN3O.HI/c1-3-17-15(18-10-4-12-20-2)19-11-9-13-5-7-14(16)8-6-13;/h5-8H,3-4,9-12H2,1-2H3,(H2,17,18,19);1H. The molecule has 0 aliphatic rings. The highest BCUT2D eigenvalue weighted by molar-refractivity contribution is 14.0. The van der Waals surface area contributed by atoms with Crippen molar-refractivity contribution < 1.29 is 9.13 Å². The number of nitrogens with zero attached hydrogens (tertiary/aromatic N) is 1. The van der Waals surface area contributed by atoms with Crippen molar-refractivity contribution in [3.05, 3.63) is 35.6 Å². The lowest BCUT2D eigenvalue weighted by atomic mass is 10.1. The number of rotatable bonds is 8. The Morgan fingerprint density at radius 2 is 1.95 bits per heavy atom. The summed E-state index contributed by atoms with van der Waals surface area (Å²) in [4.78, 5) is 4.45. The van der Waals surface area contributed by atoms with Crippen LogP contribution in [0.5, 0.6) is 0 Å². The van der Waals surface area contributed by atoms with Gasteiger partial charge in [-0.05, 0) is 37.5 Å². The third-order valence-electron chi connectivity index (χ3n) is 2.74. The fourth-order valence-corrected chi connectivity index (χ4v) is 1.72. The summed E-state index contributed by atoms with van der Waals surface area (Å²) in [5.74, 6) is 0.612. The third kappa shape index (κ3) is 9.62. The molecule has 0 radical (unpaired) electrons. The fourth-order valence-electron chi connectivity index (χ4n) is 1.72. The zero-order chi connectivity index (χ0) is 14.6. The summed E-state index contributed by atoms with van der Waals surface area (Å²) in [5, 5.41) is 6.46. The lowest BCUT2D eigenvalue weighted by molar-refractivity contribution is 0.197. The first-order valence-electron chi connectivity index (χ1n) is 7.01. The molecule has 21 heavy (non-hydrogen) atoms. The number of nitrogens with one attached hydrogen (secondary N) is 2. The molecule has 2 N–H and O–H groups in total. The van der Waals surface area contributed by atoms with Gasteiger partial charge in [-0.3, -0.25) is 4.99 Å². The average molecular weight is 409 g/mol. The number of benzene rings is 1. The van der Waals surface area contributed by atoms with Gasteiger partial charge in [0.2, 0.25) is 0 Å². The first-order valence-corrected chi connectivity index (χ1v) is 7.01. The zero-order valence-electron chi connectivity index (χ0n) is 12.7. The van der Waals surface area contributed by atoms with E-state index in [0.29, 0.717) is 0 Å². The summed E-state index contributed by atoms with van der Waals surface area (Å²) < 4.78 is 17.8. The smallest absolute Gasteiger partial charge is 0.191 e. The molecule has 0 saturated carbocycles. The van der Waals surface area contributed by atoms with Crippen molar-refractivity contribution >= 4 is 29.9 Å². The Kier molecular flexibility index (Phi) is 12.3. The van der Waals surface area contributed by atoms with Crippen molar-refractivity contribution in [1.29, 1.82) is 0 Å². The first kappa shape index (κ1) is 20.1. The molecule has 0 fully saturated rings. The predicted molar refractivity (Wildman–Crippen MR) is 96.0 cm³/mol. The van der Waals surface area contributed by atoms with Crippen LogP contribution < -0.4 is 10.6 Å². The molecule has 0 aromatic heterocycles. The lowest BCUT2D eigenvalue weighted by Crippen LogP contribution is -2.38. The van der Waals surface area contributed by atoms with Gasteiger partial charge in [-0.1, -0.05) is 12.1 Å². The SMILES string of the molecule is CCNC(=NCCCOC)NCCc1ccc(F)cc1.I. The fraction of sp³-hybridized carbons (Fsp3) is 0.533. The molecule has 6 heteroatoms. The van der Waals surface area contributed by atoms with Crippen molar-refractivity contribution in [1.82, 2.24) is 10.6 Å². The molecule has 120 valence electrons. The van der Waals surface area contributed by atoms with Crippen molar-refractivity contribution in [2.75, 3.05) is 33.4 Å². The Bertz CT molecular complexity index is 398. The van der Waals surface area contributed by atoms with Crippen molar-refractivity contribution in [3.8, 4) is 0 Å². The van der Waals surface area contributed by atoms with Gasteiger partial charge in [0.05, 0.1) is 0 Å². The second-order valence-corrected chi connectivity index (χ2v) is 4.41. The quantitative estimate of drug-likeness (QED) is 0.300. The Hall–Kier alpha value is -0.890. The highest BCUT2D eigenvalue weighted by Crippen LogP contribution is 2.02. The van der Waals surface area contributed by atoms with Crippen LogP contribution in [0.4, 0.5) is 4.39 Å². The van der Waals surface area contributed by atoms with Crippen LogP contribution in [0.1, 0.15) is 18.9 Å². The van der Waals surface area contributed by atoms with E-state index in [1.54, 1.807) is 19.2 Å². The molecule has 1 aromatic carbocycles. The number of methoxy groups -OCH3 is 1. The third-order valence-corrected chi connectivity index (χ3v) is 2.74. The molecule has 0 amide bonds. The van der Waals surface area contributed by atoms with Crippen molar-refractivity contribution in [2.45, 2.75) is 19.8 Å². The van der Waals surface area contributed by atoms with Gasteiger partial charge < -0.3 is 15.4 Å². The van der Waals surface area contributed by atoms with Gasteiger partial charge >= 0.3 is 0 Å². The molecular formula is C15H25FIN3O. The Morgan fingerprint density at radius 3 is 2.57 bits per heavy atom. The van der Waals surface area contributed by atoms with E-state index in [0.717, 1.165) is 50.6 Å². The maximum Gasteiger partial charge on any atom is 0.191 e. The van der Waals surface area contributed by atoms with E-state index in [2.05, 4.69) is 15.6 Å². The van der Waals surface area contributed by atoms with Crippen LogP contribution >= 0.6 is 24.0 Å². The Morgan fingerprint density at radius 1 is 1.24 bits per heavy atom. The molecule has 0 aliphatic carbocycles. The molecule has 1 aromatic rings. The highest BCUT2D eigenvalue weighted by atomic mass is 127. The molecule has 1 rings (SSSR count). The molecule has 4 nitrogen and oxygen atoms in total. The number of guanidine groups is 1. The van der Waals surface area contributed by atoms with Gasteiger partial charge in [-0.2, -0.15) is 0 Å². The molecule has 0 aliphatic heterocycles. The summed E-state index contributed by atoms with van der Waals surface area (Å²) in [5.41, 5.74) is 1.11. The van der Waals surface area contributed by atoms with Crippen LogP contribution in [-0.2, 0) is 11.2 Å². The second-order valence-electron chi connectivity index (χ2n) is 4.41. The molecule has 0 atom stereocenters. The van der Waals surface area contributed by atoms with Crippen LogP contribution in [-0.4, -0.2) is 39.3 Å². The first-order chi connectivity index (χ1) is 9.76. The Balaban J connectivity index is 0.00000400. The van der Waals surface area contributed by atoms with Crippen LogP contribution in [0.15, 0.2) is 29.3 Å². The number of ether oxygens (including phenoxy) is 1. The topological polar surface area (TPSA) is 45.7 Å². The normalized spacial score (nSPS) is 10.9. The monoisotopic (exact) mass is 409 g/mol. The molecule has 0 unspecified atom stereocenters. The van der Waals surface area contributed by atoms with Gasteiger partial charge in [0.15, 0.2) is 5.96 Å². The van der Waals surface area contributed by atoms with Crippen LogP contribution in [0.3, 0.4) is 0 Å². The van der Waals surface area contributed by atoms with Gasteiger partial charge in [-0.15, -0.1) is 24.0 Å². The van der Waals surface area contributed by atoms with Crippen LogP contribution in [0, 0.1) is 5.82 Å². The molecule has 0 heterocycles. The number of hydrogen-bond donors (Lipinski definition) is 2. The minimum atomic E-state index is -0.199. The van der Waals surface area contributed by atoms with E-state index in [1.807, 2.05) is 6.92 Å². The van der Waals surface area contributed by atoms with Gasteiger partial charge in [0, 0.05) is 33.4 Å². The van der Waals surface area contributed by atoms with Gasteiger partial charge in [0.1, 0.15) is 5.82 Å². The maximum atomic E-state index is 12.8. The van der Waals surface area contributed by atoms with Gasteiger partial charge in [-0.25, -0.2) is 4.39 Å².